The molecule has 176 valence electrons. The number of carbonyl (C=O) groups is 2. The van der Waals surface area contributed by atoms with Crippen molar-refractivity contribution in [2.24, 2.45) is 5.92 Å². The molecule has 0 spiro atoms. The molecule has 2 atom stereocenters. The quantitative estimate of drug-likeness (QED) is 0.515. The fourth-order valence-corrected chi connectivity index (χ4v) is 4.43. The van der Waals surface area contributed by atoms with Crippen LogP contribution in [0.4, 0.5) is 13.2 Å². The first-order valence-corrected chi connectivity index (χ1v) is 11.1. The van der Waals surface area contributed by atoms with Crippen LogP contribution in [-0.4, -0.2) is 29.8 Å². The van der Waals surface area contributed by atoms with Crippen LogP contribution in [0.3, 0.4) is 0 Å². The summed E-state index contributed by atoms with van der Waals surface area (Å²) >= 11 is 6.02. The summed E-state index contributed by atoms with van der Waals surface area (Å²) in [4.78, 5) is 27.8. The molecular formula is C26H22ClF3N2O2. The Hall–Kier alpha value is -3.32. The second kappa shape index (κ2) is 9.89. The highest BCUT2D eigenvalue weighted by Crippen LogP contribution is 2.37. The molecule has 4 nitrogen and oxygen atoms in total. The van der Waals surface area contributed by atoms with E-state index in [0.717, 1.165) is 17.7 Å². The molecule has 1 saturated heterocycles. The minimum absolute atomic E-state index is 0.0902. The Kier molecular flexibility index (Phi) is 6.93. The van der Waals surface area contributed by atoms with Gasteiger partial charge in [-0.1, -0.05) is 66.2 Å². The number of amides is 2. The number of benzene rings is 3. The van der Waals surface area contributed by atoms with Gasteiger partial charge in [0, 0.05) is 36.1 Å². The molecule has 34 heavy (non-hydrogen) atoms. The van der Waals surface area contributed by atoms with E-state index in [-0.39, 0.29) is 31.4 Å². The zero-order valence-corrected chi connectivity index (χ0v) is 18.8. The molecule has 3 aromatic rings. The van der Waals surface area contributed by atoms with Crippen molar-refractivity contribution in [2.45, 2.75) is 18.6 Å². The number of rotatable bonds is 5. The zero-order valence-electron chi connectivity index (χ0n) is 18.1. The maximum Gasteiger partial charge on any atom is 0.416 e. The van der Waals surface area contributed by atoms with E-state index >= 15 is 0 Å². The SMILES string of the molecule is O=C(NCc1ccccc1)C1CN(C(=O)c2cccc(Cl)c2)CC1c1cccc(C(F)(F)F)c1. The molecule has 1 aliphatic rings. The minimum atomic E-state index is -4.50. The van der Waals surface area contributed by atoms with Crippen LogP contribution in [0.5, 0.6) is 0 Å². The third-order valence-electron chi connectivity index (χ3n) is 5.97. The average molecular weight is 487 g/mol. The monoisotopic (exact) mass is 486 g/mol. The zero-order chi connectivity index (χ0) is 24.3. The largest absolute Gasteiger partial charge is 0.416 e. The lowest BCUT2D eigenvalue weighted by atomic mass is 9.87. The number of halogens is 4. The van der Waals surface area contributed by atoms with Crippen molar-refractivity contribution in [3.8, 4) is 0 Å². The highest BCUT2D eigenvalue weighted by Gasteiger charge is 2.41. The fourth-order valence-electron chi connectivity index (χ4n) is 4.24. The number of carbonyl (C=O) groups excluding carboxylic acids is 2. The molecule has 1 heterocycles. The molecule has 0 aromatic heterocycles. The number of nitrogens with zero attached hydrogens (tertiary/aromatic N) is 1. The van der Waals surface area contributed by atoms with Gasteiger partial charge in [0.15, 0.2) is 0 Å². The Bertz CT molecular complexity index is 1180. The topological polar surface area (TPSA) is 49.4 Å². The van der Waals surface area contributed by atoms with Gasteiger partial charge in [0.2, 0.25) is 5.91 Å². The third kappa shape index (κ3) is 5.42. The molecule has 1 fully saturated rings. The van der Waals surface area contributed by atoms with Crippen LogP contribution >= 0.6 is 11.6 Å². The summed E-state index contributed by atoms with van der Waals surface area (Å²) in [5, 5.41) is 3.27. The van der Waals surface area contributed by atoms with Gasteiger partial charge in [-0.15, -0.1) is 0 Å². The lowest BCUT2D eigenvalue weighted by Gasteiger charge is -2.19. The Balaban J connectivity index is 1.60. The van der Waals surface area contributed by atoms with Crippen LogP contribution in [-0.2, 0) is 17.5 Å². The summed E-state index contributed by atoms with van der Waals surface area (Å²) in [7, 11) is 0. The van der Waals surface area contributed by atoms with Gasteiger partial charge in [-0.2, -0.15) is 13.2 Å². The molecule has 1 aliphatic heterocycles. The summed E-state index contributed by atoms with van der Waals surface area (Å²) in [5.74, 6) is -1.91. The van der Waals surface area contributed by atoms with Crippen LogP contribution in [0.15, 0.2) is 78.9 Å². The maximum absolute atomic E-state index is 13.3. The number of nitrogens with one attached hydrogen (secondary N) is 1. The van der Waals surface area contributed by atoms with Gasteiger partial charge in [0.25, 0.3) is 5.91 Å². The van der Waals surface area contributed by atoms with Gasteiger partial charge in [-0.05, 0) is 35.4 Å². The summed E-state index contributed by atoms with van der Waals surface area (Å²) < 4.78 is 40.0. The predicted molar refractivity (Wildman–Crippen MR) is 123 cm³/mol. The van der Waals surface area contributed by atoms with Crippen molar-refractivity contribution in [3.63, 3.8) is 0 Å². The molecule has 2 amide bonds. The molecule has 1 N–H and O–H groups in total. The molecule has 4 rings (SSSR count). The summed E-state index contributed by atoms with van der Waals surface area (Å²) in [6, 6.07) is 20.7. The lowest BCUT2D eigenvalue weighted by Crippen LogP contribution is -2.35. The summed E-state index contributed by atoms with van der Waals surface area (Å²) in [5.41, 5.74) is 0.848. The van der Waals surface area contributed by atoms with E-state index in [1.165, 1.54) is 17.0 Å². The van der Waals surface area contributed by atoms with Crippen LogP contribution < -0.4 is 5.32 Å². The van der Waals surface area contributed by atoms with E-state index in [2.05, 4.69) is 5.32 Å². The highest BCUT2D eigenvalue weighted by atomic mass is 35.5. The molecule has 3 aromatic carbocycles. The fraction of sp³-hybridized carbons (Fsp3) is 0.231. The number of likely N-dealkylation sites (tertiary alicyclic amines) is 1. The van der Waals surface area contributed by atoms with E-state index in [1.54, 1.807) is 24.3 Å². The third-order valence-corrected chi connectivity index (χ3v) is 6.20. The molecule has 8 heteroatoms. The van der Waals surface area contributed by atoms with E-state index in [1.807, 2.05) is 30.3 Å². The lowest BCUT2D eigenvalue weighted by molar-refractivity contribution is -0.137. The van der Waals surface area contributed by atoms with Crippen LogP contribution in [0.25, 0.3) is 0 Å². The second-order valence-corrected chi connectivity index (χ2v) is 8.70. The van der Waals surface area contributed by atoms with E-state index < -0.39 is 23.6 Å². The Morgan fingerprint density at radius 1 is 0.941 bits per heavy atom. The minimum Gasteiger partial charge on any atom is -0.352 e. The van der Waals surface area contributed by atoms with Crippen molar-refractivity contribution in [2.75, 3.05) is 13.1 Å². The first-order valence-electron chi connectivity index (χ1n) is 10.8. The van der Waals surface area contributed by atoms with Crippen molar-refractivity contribution in [3.05, 3.63) is 106 Å². The first kappa shape index (κ1) is 23.8. The molecular weight excluding hydrogens is 465 g/mol. The molecule has 0 radical (unpaired) electrons. The molecule has 2 unspecified atom stereocenters. The van der Waals surface area contributed by atoms with Crippen LogP contribution in [0.1, 0.15) is 33.0 Å². The molecule has 0 bridgehead atoms. The Labute approximate surface area is 200 Å². The maximum atomic E-state index is 13.3. The normalized spacial score (nSPS) is 18.1. The summed E-state index contributed by atoms with van der Waals surface area (Å²) in [6.45, 7) is 0.497. The smallest absolute Gasteiger partial charge is 0.352 e. The van der Waals surface area contributed by atoms with Crippen molar-refractivity contribution >= 4 is 23.4 Å². The summed E-state index contributed by atoms with van der Waals surface area (Å²) in [6.07, 6.45) is -4.50. The van der Waals surface area contributed by atoms with Gasteiger partial charge < -0.3 is 10.2 Å². The van der Waals surface area contributed by atoms with Crippen LogP contribution in [0.2, 0.25) is 5.02 Å². The van der Waals surface area contributed by atoms with Gasteiger partial charge in [0.1, 0.15) is 0 Å². The standard InChI is InChI=1S/C26H22ClF3N2O2/c27-21-11-5-9-19(13-21)25(34)32-15-22(18-8-4-10-20(12-18)26(28,29)30)23(16-32)24(33)31-14-17-6-2-1-3-7-17/h1-13,22-23H,14-16H2,(H,31,33). The van der Waals surface area contributed by atoms with Gasteiger partial charge in [-0.3, -0.25) is 9.59 Å². The van der Waals surface area contributed by atoms with Crippen molar-refractivity contribution < 1.29 is 22.8 Å². The average Bonchev–Trinajstić information content (AvgIpc) is 3.28. The van der Waals surface area contributed by atoms with Crippen molar-refractivity contribution in [1.82, 2.24) is 10.2 Å². The Morgan fingerprint density at radius 3 is 2.38 bits per heavy atom. The highest BCUT2D eigenvalue weighted by molar-refractivity contribution is 6.30. The van der Waals surface area contributed by atoms with Crippen LogP contribution in [0, 0.1) is 5.92 Å². The predicted octanol–water partition coefficient (Wildman–Crippen LogP) is 5.53. The van der Waals surface area contributed by atoms with Gasteiger partial charge in [0.05, 0.1) is 11.5 Å². The second-order valence-electron chi connectivity index (χ2n) is 8.26. The molecule has 0 saturated carbocycles. The molecule has 0 aliphatic carbocycles. The number of alkyl halides is 3. The van der Waals surface area contributed by atoms with E-state index in [0.29, 0.717) is 16.1 Å². The van der Waals surface area contributed by atoms with Gasteiger partial charge >= 0.3 is 6.18 Å². The first-order chi connectivity index (χ1) is 16.2. The Morgan fingerprint density at radius 2 is 1.68 bits per heavy atom. The van der Waals surface area contributed by atoms with Crippen molar-refractivity contribution in [1.29, 1.82) is 0 Å². The van der Waals surface area contributed by atoms with Gasteiger partial charge in [-0.25, -0.2) is 0 Å². The van der Waals surface area contributed by atoms with E-state index in [4.69, 9.17) is 11.6 Å². The number of hydrogen-bond acceptors (Lipinski definition) is 2. The van der Waals surface area contributed by atoms with E-state index in [9.17, 15) is 22.8 Å². The number of hydrogen-bond donors (Lipinski definition) is 1.